The highest BCUT2D eigenvalue weighted by Gasteiger charge is 2.32. The average Bonchev–Trinajstić information content (AvgIpc) is 2.46. The number of nitrogens with zero attached hydrogens (tertiary/aromatic N) is 1. The molecule has 1 heterocycles. The number of benzene rings is 1. The van der Waals surface area contributed by atoms with Crippen LogP contribution in [0.5, 0.6) is 5.75 Å². The Morgan fingerprint density at radius 1 is 1.45 bits per heavy atom. The SMILES string of the molecule is CC1Oc2ccc(C(N)C(C)C)cc2N(CCC(=O)O)C1=O. The molecule has 0 aromatic heterocycles. The summed E-state index contributed by atoms with van der Waals surface area (Å²) in [6, 6.07) is 5.36. The van der Waals surface area contributed by atoms with E-state index in [4.69, 9.17) is 15.6 Å². The number of amides is 1. The zero-order valence-corrected chi connectivity index (χ0v) is 13.1. The van der Waals surface area contributed by atoms with Crippen molar-refractivity contribution in [2.75, 3.05) is 11.4 Å². The maximum absolute atomic E-state index is 12.3. The molecular formula is C16H22N2O4. The van der Waals surface area contributed by atoms with Crippen molar-refractivity contribution in [2.45, 2.75) is 39.3 Å². The van der Waals surface area contributed by atoms with E-state index in [9.17, 15) is 9.59 Å². The van der Waals surface area contributed by atoms with Gasteiger partial charge >= 0.3 is 5.97 Å². The molecule has 0 spiro atoms. The number of rotatable bonds is 5. The van der Waals surface area contributed by atoms with Gasteiger partial charge in [-0.05, 0) is 30.5 Å². The molecule has 0 saturated heterocycles. The lowest BCUT2D eigenvalue weighted by atomic mass is 9.96. The lowest BCUT2D eigenvalue weighted by Gasteiger charge is -2.33. The van der Waals surface area contributed by atoms with Crippen molar-refractivity contribution in [1.29, 1.82) is 0 Å². The van der Waals surface area contributed by atoms with Crippen molar-refractivity contribution in [3.63, 3.8) is 0 Å². The van der Waals surface area contributed by atoms with Gasteiger partial charge in [0.05, 0.1) is 12.1 Å². The number of nitrogens with two attached hydrogens (primary N) is 1. The summed E-state index contributed by atoms with van der Waals surface area (Å²) in [7, 11) is 0. The largest absolute Gasteiger partial charge is 0.481 e. The maximum Gasteiger partial charge on any atom is 0.305 e. The standard InChI is InChI=1S/C16H22N2O4/c1-9(2)15(17)11-4-5-13-12(8-11)18(7-6-14(19)20)16(21)10(3)22-13/h4-5,8-10,15H,6-7,17H2,1-3H3,(H,19,20). The molecule has 0 radical (unpaired) electrons. The molecular weight excluding hydrogens is 284 g/mol. The summed E-state index contributed by atoms with van der Waals surface area (Å²) in [6.45, 7) is 5.83. The second-order valence-corrected chi connectivity index (χ2v) is 5.89. The summed E-state index contributed by atoms with van der Waals surface area (Å²) in [6.07, 6.45) is -0.732. The Hall–Kier alpha value is -2.08. The van der Waals surface area contributed by atoms with Crippen LogP contribution >= 0.6 is 0 Å². The van der Waals surface area contributed by atoms with Crippen molar-refractivity contribution >= 4 is 17.6 Å². The number of carbonyl (C=O) groups excluding carboxylic acids is 1. The predicted molar refractivity (Wildman–Crippen MR) is 82.9 cm³/mol. The third-order valence-corrected chi connectivity index (χ3v) is 3.84. The van der Waals surface area contributed by atoms with E-state index in [1.165, 1.54) is 4.90 Å². The maximum atomic E-state index is 12.3. The van der Waals surface area contributed by atoms with Crippen molar-refractivity contribution in [2.24, 2.45) is 11.7 Å². The van der Waals surface area contributed by atoms with Crippen LogP contribution in [-0.2, 0) is 9.59 Å². The minimum Gasteiger partial charge on any atom is -0.481 e. The van der Waals surface area contributed by atoms with E-state index in [1.54, 1.807) is 13.0 Å². The van der Waals surface area contributed by atoms with E-state index < -0.39 is 12.1 Å². The fraction of sp³-hybridized carbons (Fsp3) is 0.500. The monoisotopic (exact) mass is 306 g/mol. The summed E-state index contributed by atoms with van der Waals surface area (Å²) in [5.74, 6) is -0.339. The molecule has 6 heteroatoms. The topological polar surface area (TPSA) is 92.9 Å². The van der Waals surface area contributed by atoms with Crippen molar-refractivity contribution < 1.29 is 19.4 Å². The number of carboxylic acids is 1. The summed E-state index contributed by atoms with van der Waals surface area (Å²) in [5.41, 5.74) is 7.66. The fourth-order valence-corrected chi connectivity index (χ4v) is 2.45. The van der Waals surface area contributed by atoms with Crippen LogP contribution in [0.4, 0.5) is 5.69 Å². The molecule has 1 aromatic carbocycles. The van der Waals surface area contributed by atoms with Crippen LogP contribution in [-0.4, -0.2) is 29.6 Å². The Bertz CT molecular complexity index is 586. The van der Waals surface area contributed by atoms with Gasteiger partial charge < -0.3 is 20.5 Å². The first-order valence-corrected chi connectivity index (χ1v) is 7.40. The molecule has 6 nitrogen and oxygen atoms in total. The third-order valence-electron chi connectivity index (χ3n) is 3.84. The highest BCUT2D eigenvalue weighted by atomic mass is 16.5. The van der Waals surface area contributed by atoms with Crippen molar-refractivity contribution in [1.82, 2.24) is 0 Å². The molecule has 0 aliphatic carbocycles. The Morgan fingerprint density at radius 2 is 2.14 bits per heavy atom. The smallest absolute Gasteiger partial charge is 0.305 e. The molecule has 1 aliphatic heterocycles. The lowest BCUT2D eigenvalue weighted by molar-refractivity contribution is -0.136. The van der Waals surface area contributed by atoms with Crippen LogP contribution in [0.15, 0.2) is 18.2 Å². The zero-order valence-electron chi connectivity index (χ0n) is 13.1. The Morgan fingerprint density at radius 3 is 2.73 bits per heavy atom. The number of carbonyl (C=O) groups is 2. The molecule has 0 bridgehead atoms. The van der Waals surface area contributed by atoms with E-state index in [1.807, 2.05) is 26.0 Å². The van der Waals surface area contributed by atoms with Gasteiger partial charge in [-0.2, -0.15) is 0 Å². The first-order valence-electron chi connectivity index (χ1n) is 7.40. The van der Waals surface area contributed by atoms with Gasteiger partial charge in [-0.3, -0.25) is 9.59 Å². The first-order chi connectivity index (χ1) is 10.3. The van der Waals surface area contributed by atoms with Gasteiger partial charge in [-0.25, -0.2) is 0 Å². The molecule has 0 saturated carbocycles. The van der Waals surface area contributed by atoms with Crippen LogP contribution in [0, 0.1) is 5.92 Å². The Kier molecular flexibility index (Phi) is 4.71. The number of hydrogen-bond donors (Lipinski definition) is 2. The van der Waals surface area contributed by atoms with Gasteiger partial charge in [0.1, 0.15) is 5.75 Å². The van der Waals surface area contributed by atoms with Gasteiger partial charge in [0.2, 0.25) is 0 Å². The quantitative estimate of drug-likeness (QED) is 0.867. The molecule has 2 rings (SSSR count). The third kappa shape index (κ3) is 3.22. The Labute approximate surface area is 129 Å². The van der Waals surface area contributed by atoms with E-state index in [2.05, 4.69) is 0 Å². The fourth-order valence-electron chi connectivity index (χ4n) is 2.45. The molecule has 3 N–H and O–H groups in total. The highest BCUT2D eigenvalue weighted by molar-refractivity contribution is 6.00. The van der Waals surface area contributed by atoms with E-state index in [0.29, 0.717) is 11.4 Å². The number of hydrogen-bond acceptors (Lipinski definition) is 4. The van der Waals surface area contributed by atoms with Gasteiger partial charge in [-0.1, -0.05) is 19.9 Å². The van der Waals surface area contributed by atoms with E-state index >= 15 is 0 Å². The second-order valence-electron chi connectivity index (χ2n) is 5.89. The number of ether oxygens (including phenoxy) is 1. The zero-order chi connectivity index (χ0) is 16.4. The van der Waals surface area contributed by atoms with E-state index in [0.717, 1.165) is 5.56 Å². The number of fused-ring (bicyclic) bond motifs is 1. The first kappa shape index (κ1) is 16.3. The van der Waals surface area contributed by atoms with E-state index in [-0.39, 0.29) is 30.8 Å². The van der Waals surface area contributed by atoms with Crippen molar-refractivity contribution in [3.05, 3.63) is 23.8 Å². The predicted octanol–water partition coefficient (Wildman–Crippen LogP) is 1.93. The van der Waals surface area contributed by atoms with Crippen LogP contribution in [0.2, 0.25) is 0 Å². The minimum absolute atomic E-state index is 0.113. The van der Waals surface area contributed by atoms with Gasteiger partial charge in [0.15, 0.2) is 6.10 Å². The minimum atomic E-state index is -0.941. The van der Waals surface area contributed by atoms with Gasteiger partial charge in [-0.15, -0.1) is 0 Å². The molecule has 2 atom stereocenters. The summed E-state index contributed by atoms with van der Waals surface area (Å²) >= 11 is 0. The summed E-state index contributed by atoms with van der Waals surface area (Å²) in [4.78, 5) is 24.6. The Balaban J connectivity index is 2.38. The lowest BCUT2D eigenvalue weighted by Crippen LogP contribution is -2.45. The van der Waals surface area contributed by atoms with Crippen LogP contribution in [0.3, 0.4) is 0 Å². The normalized spacial score (nSPS) is 18.9. The summed E-state index contributed by atoms with van der Waals surface area (Å²) < 4.78 is 5.60. The second kappa shape index (κ2) is 6.36. The summed E-state index contributed by atoms with van der Waals surface area (Å²) in [5, 5.41) is 8.87. The van der Waals surface area contributed by atoms with Crippen LogP contribution in [0.25, 0.3) is 0 Å². The molecule has 1 aliphatic rings. The molecule has 1 aromatic rings. The van der Waals surface area contributed by atoms with Crippen molar-refractivity contribution in [3.8, 4) is 5.75 Å². The average molecular weight is 306 g/mol. The molecule has 1 amide bonds. The number of aliphatic carboxylic acids is 1. The molecule has 0 fully saturated rings. The van der Waals surface area contributed by atoms with Crippen LogP contribution in [0.1, 0.15) is 38.8 Å². The van der Waals surface area contributed by atoms with Gasteiger partial charge in [0.25, 0.3) is 5.91 Å². The molecule has 120 valence electrons. The molecule has 22 heavy (non-hydrogen) atoms. The van der Waals surface area contributed by atoms with Crippen LogP contribution < -0.4 is 15.4 Å². The molecule has 2 unspecified atom stereocenters. The highest BCUT2D eigenvalue weighted by Crippen LogP contribution is 2.36. The number of carboxylic acid groups (broad SMARTS) is 1. The number of anilines is 1. The van der Waals surface area contributed by atoms with Gasteiger partial charge in [0, 0.05) is 12.6 Å².